The fraction of sp³-hybridized carbons (Fsp3) is 0.522. The van der Waals surface area contributed by atoms with Crippen LogP contribution in [0.4, 0.5) is 10.6 Å². The second-order valence-corrected chi connectivity index (χ2v) is 7.91. The summed E-state index contributed by atoms with van der Waals surface area (Å²) in [5.41, 5.74) is 8.60. The van der Waals surface area contributed by atoms with Crippen LogP contribution in [0.1, 0.15) is 51.8 Å². The van der Waals surface area contributed by atoms with E-state index in [9.17, 15) is 4.79 Å². The van der Waals surface area contributed by atoms with Crippen molar-refractivity contribution in [3.05, 3.63) is 30.1 Å². The van der Waals surface area contributed by atoms with Gasteiger partial charge in [-0.2, -0.15) is 0 Å². The maximum absolute atomic E-state index is 13.0. The lowest BCUT2D eigenvalue weighted by Gasteiger charge is -2.34. The Bertz CT molecular complexity index is 1060. The number of anilines is 1. The Morgan fingerprint density at radius 3 is 2.68 bits per heavy atom. The molecular weight excluding hydrogens is 394 g/mol. The fourth-order valence-corrected chi connectivity index (χ4v) is 4.43. The first-order chi connectivity index (χ1) is 15.1. The summed E-state index contributed by atoms with van der Waals surface area (Å²) in [6, 6.07) is 8.02. The van der Waals surface area contributed by atoms with Crippen LogP contribution in [0.5, 0.6) is 0 Å². The van der Waals surface area contributed by atoms with Crippen LogP contribution >= 0.6 is 0 Å². The van der Waals surface area contributed by atoms with Gasteiger partial charge >= 0.3 is 6.09 Å². The topological polar surface area (TPSA) is 95.5 Å². The van der Waals surface area contributed by atoms with E-state index in [4.69, 9.17) is 20.2 Å². The predicted octanol–water partition coefficient (Wildman–Crippen LogP) is 4.45. The minimum absolute atomic E-state index is 0.149. The van der Waals surface area contributed by atoms with Crippen molar-refractivity contribution in [1.82, 2.24) is 19.4 Å². The molecule has 2 aromatic heterocycles. The molecule has 0 aliphatic heterocycles. The van der Waals surface area contributed by atoms with Crippen molar-refractivity contribution >= 4 is 33.8 Å². The Labute approximate surface area is 182 Å². The van der Waals surface area contributed by atoms with E-state index in [0.717, 1.165) is 47.9 Å². The Hall–Kier alpha value is -2.87. The van der Waals surface area contributed by atoms with Gasteiger partial charge in [-0.3, -0.25) is 4.90 Å². The van der Waals surface area contributed by atoms with Crippen LogP contribution in [0.25, 0.3) is 21.9 Å². The van der Waals surface area contributed by atoms with Gasteiger partial charge in [0.05, 0.1) is 17.6 Å². The maximum Gasteiger partial charge on any atom is 0.411 e. The van der Waals surface area contributed by atoms with Gasteiger partial charge in [-0.05, 0) is 32.8 Å². The highest BCUT2D eigenvalue weighted by Crippen LogP contribution is 2.31. The molecule has 0 atom stereocenters. The Morgan fingerprint density at radius 1 is 1.16 bits per heavy atom. The van der Waals surface area contributed by atoms with Gasteiger partial charge in [0.25, 0.3) is 0 Å². The molecule has 4 rings (SSSR count). The third-order valence-corrected chi connectivity index (χ3v) is 5.94. The molecule has 0 bridgehead atoms. The Balaban J connectivity index is 1.85. The molecule has 8 nitrogen and oxygen atoms in total. The van der Waals surface area contributed by atoms with E-state index in [0.29, 0.717) is 37.8 Å². The largest absolute Gasteiger partial charge is 0.450 e. The number of nitrogens with zero attached hydrogens (tertiary/aromatic N) is 4. The molecule has 1 aromatic carbocycles. The lowest BCUT2D eigenvalue weighted by molar-refractivity contribution is 0.0631. The second-order valence-electron chi connectivity index (χ2n) is 7.91. The zero-order valence-electron chi connectivity index (χ0n) is 18.3. The lowest BCUT2D eigenvalue weighted by atomic mass is 9.94. The number of hydrogen-bond acceptors (Lipinski definition) is 6. The van der Waals surface area contributed by atoms with Crippen molar-refractivity contribution < 1.29 is 14.3 Å². The molecule has 8 heteroatoms. The van der Waals surface area contributed by atoms with E-state index in [1.807, 2.05) is 43.0 Å². The molecule has 1 saturated carbocycles. The summed E-state index contributed by atoms with van der Waals surface area (Å²) in [7, 11) is 0. The molecule has 1 amide bonds. The fourth-order valence-electron chi connectivity index (χ4n) is 4.43. The normalized spacial score (nSPS) is 14.9. The number of amides is 1. The number of carbonyl (C=O) groups is 1. The number of rotatable bonds is 7. The zero-order chi connectivity index (χ0) is 21.8. The van der Waals surface area contributed by atoms with Gasteiger partial charge in [0.1, 0.15) is 24.6 Å². The third kappa shape index (κ3) is 4.30. The Kier molecular flexibility index (Phi) is 6.56. The number of aromatic nitrogens is 3. The molecule has 1 fully saturated rings. The minimum Gasteiger partial charge on any atom is -0.450 e. The van der Waals surface area contributed by atoms with Crippen LogP contribution in [-0.2, 0) is 22.7 Å². The van der Waals surface area contributed by atoms with Crippen LogP contribution < -0.4 is 5.73 Å². The number of pyridine rings is 1. The molecule has 31 heavy (non-hydrogen) atoms. The van der Waals surface area contributed by atoms with Gasteiger partial charge in [-0.1, -0.05) is 37.5 Å². The third-order valence-electron chi connectivity index (χ3n) is 5.94. The average molecular weight is 426 g/mol. The molecule has 1 aliphatic rings. The van der Waals surface area contributed by atoms with Crippen molar-refractivity contribution in [1.29, 1.82) is 0 Å². The molecule has 0 unspecified atom stereocenters. The number of nitrogens with two attached hydrogens (primary N) is 1. The van der Waals surface area contributed by atoms with Gasteiger partial charge in [-0.25, -0.2) is 14.8 Å². The number of ether oxygens (including phenoxy) is 2. The van der Waals surface area contributed by atoms with Gasteiger partial charge in [0, 0.05) is 18.0 Å². The zero-order valence-corrected chi connectivity index (χ0v) is 18.3. The SMILES string of the molecule is CCOCc1nc2c(N)nc3ccccc3c2n1CN(C(=O)OCC)C1CCCCC1. The summed E-state index contributed by atoms with van der Waals surface area (Å²) in [6.07, 6.45) is 5.13. The molecule has 1 aliphatic carbocycles. The van der Waals surface area contributed by atoms with E-state index in [1.54, 1.807) is 0 Å². The standard InChI is InChI=1S/C23H31N5O3/c1-3-30-14-19-26-20-21(17-12-8-9-13-18(17)25-22(20)24)28(19)15-27(23(29)31-4-2)16-10-6-5-7-11-16/h8-9,12-13,16H,3-7,10-11,14-15H2,1-2H3,(H2,24,25). The summed E-state index contributed by atoms with van der Waals surface area (Å²) >= 11 is 0. The van der Waals surface area contributed by atoms with Crippen molar-refractivity contribution in [2.45, 2.75) is 65.3 Å². The molecule has 166 valence electrons. The van der Waals surface area contributed by atoms with Gasteiger partial charge in [0.2, 0.25) is 0 Å². The molecule has 0 spiro atoms. The number of benzene rings is 1. The number of carbonyl (C=O) groups excluding carboxylic acids is 1. The van der Waals surface area contributed by atoms with Gasteiger partial charge in [-0.15, -0.1) is 0 Å². The number of fused-ring (bicyclic) bond motifs is 3. The Morgan fingerprint density at radius 2 is 1.94 bits per heavy atom. The van der Waals surface area contributed by atoms with Crippen LogP contribution in [0.15, 0.2) is 24.3 Å². The van der Waals surface area contributed by atoms with E-state index >= 15 is 0 Å². The van der Waals surface area contributed by atoms with E-state index in [1.165, 1.54) is 6.42 Å². The second kappa shape index (κ2) is 9.51. The van der Waals surface area contributed by atoms with Crippen molar-refractivity contribution in [3.8, 4) is 0 Å². The quantitative estimate of drug-likeness (QED) is 0.601. The highest BCUT2D eigenvalue weighted by atomic mass is 16.6. The van der Waals surface area contributed by atoms with Crippen molar-refractivity contribution in [2.24, 2.45) is 0 Å². The first-order valence-corrected chi connectivity index (χ1v) is 11.2. The van der Waals surface area contributed by atoms with E-state index in [2.05, 4.69) is 9.55 Å². The summed E-state index contributed by atoms with van der Waals surface area (Å²) in [6.45, 7) is 5.38. The highest BCUT2D eigenvalue weighted by Gasteiger charge is 2.29. The lowest BCUT2D eigenvalue weighted by Crippen LogP contribution is -2.43. The average Bonchev–Trinajstić information content (AvgIpc) is 3.16. The van der Waals surface area contributed by atoms with Crippen molar-refractivity contribution in [2.75, 3.05) is 18.9 Å². The van der Waals surface area contributed by atoms with Crippen LogP contribution in [-0.4, -0.2) is 44.8 Å². The van der Waals surface area contributed by atoms with Crippen LogP contribution in [0, 0.1) is 0 Å². The summed E-state index contributed by atoms with van der Waals surface area (Å²) in [5.74, 6) is 1.11. The molecule has 0 radical (unpaired) electrons. The monoisotopic (exact) mass is 425 g/mol. The summed E-state index contributed by atoms with van der Waals surface area (Å²) in [5, 5.41) is 0.953. The number of imidazole rings is 1. The van der Waals surface area contributed by atoms with Crippen LogP contribution in [0.3, 0.4) is 0 Å². The smallest absolute Gasteiger partial charge is 0.411 e. The maximum atomic E-state index is 13.0. The molecular formula is C23H31N5O3. The number of hydrogen-bond donors (Lipinski definition) is 1. The minimum atomic E-state index is -0.287. The molecule has 0 saturated heterocycles. The summed E-state index contributed by atoms with van der Waals surface area (Å²) < 4.78 is 13.2. The van der Waals surface area contributed by atoms with E-state index < -0.39 is 0 Å². The molecule has 2 heterocycles. The first kappa shape index (κ1) is 21.4. The van der Waals surface area contributed by atoms with Crippen molar-refractivity contribution in [3.63, 3.8) is 0 Å². The van der Waals surface area contributed by atoms with Gasteiger partial charge in [0.15, 0.2) is 5.82 Å². The summed E-state index contributed by atoms with van der Waals surface area (Å²) in [4.78, 5) is 24.1. The predicted molar refractivity (Wildman–Crippen MR) is 121 cm³/mol. The van der Waals surface area contributed by atoms with Gasteiger partial charge < -0.3 is 19.8 Å². The number of nitrogen functional groups attached to an aromatic ring is 1. The van der Waals surface area contributed by atoms with E-state index in [-0.39, 0.29) is 12.1 Å². The molecule has 2 N–H and O–H groups in total. The number of para-hydroxylation sites is 1. The first-order valence-electron chi connectivity index (χ1n) is 11.2. The molecule has 3 aromatic rings. The highest BCUT2D eigenvalue weighted by molar-refractivity contribution is 6.06. The van der Waals surface area contributed by atoms with Crippen LogP contribution in [0.2, 0.25) is 0 Å².